The first kappa shape index (κ1) is 28.0. The highest BCUT2D eigenvalue weighted by molar-refractivity contribution is 9.15. The molecule has 5 rings (SSSR count). The second-order valence-electron chi connectivity index (χ2n) is 8.90. The lowest BCUT2D eigenvalue weighted by Crippen LogP contribution is -2.30. The summed E-state index contributed by atoms with van der Waals surface area (Å²) in [6.07, 6.45) is 0.0118. The minimum absolute atomic E-state index is 0.0118. The van der Waals surface area contributed by atoms with E-state index in [-0.39, 0.29) is 35.7 Å². The zero-order valence-electron chi connectivity index (χ0n) is 20.4. The minimum atomic E-state index is -0.662. The Labute approximate surface area is 257 Å². The molecule has 3 aromatic carbocycles. The van der Waals surface area contributed by atoms with Crippen molar-refractivity contribution in [2.75, 3.05) is 23.5 Å². The van der Waals surface area contributed by atoms with E-state index in [0.717, 1.165) is 4.90 Å². The zero-order chi connectivity index (χ0) is 28.2. The second kappa shape index (κ2) is 10.8. The number of ether oxygens (including phenoxy) is 2. The zero-order valence-corrected chi connectivity index (χ0v) is 26.7. The first-order valence-electron chi connectivity index (χ1n) is 11.6. The number of rotatable bonds is 5. The van der Waals surface area contributed by atoms with E-state index < -0.39 is 23.7 Å². The Hall–Kier alpha value is -2.54. The van der Waals surface area contributed by atoms with Gasteiger partial charge in [0.15, 0.2) is 0 Å². The predicted molar refractivity (Wildman–Crippen MR) is 159 cm³/mol. The van der Waals surface area contributed by atoms with E-state index in [4.69, 9.17) is 9.47 Å². The molecule has 8 nitrogen and oxygen atoms in total. The van der Waals surface area contributed by atoms with Gasteiger partial charge in [0.05, 0.1) is 35.5 Å². The Morgan fingerprint density at radius 3 is 2.08 bits per heavy atom. The number of fused-ring (bicyclic) bond motifs is 1. The van der Waals surface area contributed by atoms with Crippen LogP contribution in [-0.2, 0) is 9.59 Å². The number of hydrogen-bond acceptors (Lipinski definition) is 6. The number of imide groups is 1. The quantitative estimate of drug-likeness (QED) is 0.0929. The van der Waals surface area contributed by atoms with Gasteiger partial charge in [0.1, 0.15) is 11.5 Å². The summed E-state index contributed by atoms with van der Waals surface area (Å²) in [4.78, 5) is 55.0. The molecule has 0 radical (unpaired) electrons. The van der Waals surface area contributed by atoms with Gasteiger partial charge in [-0.25, -0.2) is 4.90 Å². The van der Waals surface area contributed by atoms with Crippen LogP contribution in [0.2, 0.25) is 0 Å². The van der Waals surface area contributed by atoms with E-state index in [1.807, 2.05) is 0 Å². The maximum Gasteiger partial charge on any atom is 0.316 e. The largest absolute Gasteiger partial charge is 0.495 e. The fourth-order valence-electron chi connectivity index (χ4n) is 4.66. The van der Waals surface area contributed by atoms with Crippen LogP contribution < -0.4 is 19.3 Å². The Morgan fingerprint density at radius 1 is 0.872 bits per heavy atom. The lowest BCUT2D eigenvalue weighted by molar-refractivity contribution is -0.139. The summed E-state index contributed by atoms with van der Waals surface area (Å²) >= 11 is 13.7. The molecule has 0 bridgehead atoms. The number of nitrogens with zero attached hydrogens (tertiary/aromatic N) is 2. The topological polar surface area (TPSA) is 93.2 Å². The predicted octanol–water partition coefficient (Wildman–Crippen LogP) is 6.81. The number of amides is 3. The van der Waals surface area contributed by atoms with Crippen LogP contribution in [0.5, 0.6) is 11.5 Å². The Morgan fingerprint density at radius 2 is 1.49 bits per heavy atom. The van der Waals surface area contributed by atoms with Gasteiger partial charge in [-0.3, -0.25) is 19.2 Å². The molecule has 2 heterocycles. The van der Waals surface area contributed by atoms with Crippen LogP contribution in [-0.4, -0.2) is 37.3 Å². The van der Waals surface area contributed by atoms with Gasteiger partial charge < -0.3 is 14.4 Å². The molecule has 1 atom stereocenters. The van der Waals surface area contributed by atoms with Crippen LogP contribution in [0.15, 0.2) is 60.4 Å². The molecule has 0 N–H and O–H groups in total. The Bertz CT molecular complexity index is 1540. The summed E-state index contributed by atoms with van der Waals surface area (Å²) in [5.74, 6) is -1.59. The molecule has 0 unspecified atom stereocenters. The van der Waals surface area contributed by atoms with Crippen molar-refractivity contribution < 1.29 is 28.7 Å². The number of anilines is 2. The summed E-state index contributed by atoms with van der Waals surface area (Å²) in [6.45, 7) is 1.88. The number of aryl methyl sites for hydroxylation is 1. The molecule has 3 amide bonds. The average molecular weight is 786 g/mol. The monoisotopic (exact) mass is 782 g/mol. The van der Waals surface area contributed by atoms with Gasteiger partial charge >= 0.3 is 5.97 Å². The number of methoxy groups -OCH3 is 1. The van der Waals surface area contributed by atoms with E-state index in [9.17, 15) is 19.2 Å². The van der Waals surface area contributed by atoms with Crippen molar-refractivity contribution in [3.05, 3.63) is 77.0 Å². The molecule has 3 aromatic rings. The van der Waals surface area contributed by atoms with E-state index >= 15 is 0 Å². The van der Waals surface area contributed by atoms with Gasteiger partial charge in [0.25, 0.3) is 11.8 Å². The van der Waals surface area contributed by atoms with E-state index in [1.54, 1.807) is 43.3 Å². The molecule has 2 aliphatic rings. The number of hydrogen-bond donors (Lipinski definition) is 0. The third-order valence-electron chi connectivity index (χ3n) is 6.56. The average Bonchev–Trinajstić information content (AvgIpc) is 3.43. The van der Waals surface area contributed by atoms with Crippen LogP contribution in [0.1, 0.15) is 32.7 Å². The van der Waals surface area contributed by atoms with Crippen LogP contribution in [0, 0.1) is 12.8 Å². The van der Waals surface area contributed by atoms with Crippen LogP contribution in [0.3, 0.4) is 0 Å². The third-order valence-corrected chi connectivity index (χ3v) is 11.3. The lowest BCUT2D eigenvalue weighted by Gasteiger charge is -2.19. The smallest absolute Gasteiger partial charge is 0.316 e. The third kappa shape index (κ3) is 4.75. The number of benzene rings is 3. The first-order chi connectivity index (χ1) is 18.5. The molecule has 39 heavy (non-hydrogen) atoms. The maximum atomic E-state index is 13.3. The highest BCUT2D eigenvalue weighted by Gasteiger charge is 2.42. The van der Waals surface area contributed by atoms with Gasteiger partial charge in [0.2, 0.25) is 5.91 Å². The molecular formula is C27H18Br4N2O6. The van der Waals surface area contributed by atoms with Gasteiger partial charge in [0, 0.05) is 30.9 Å². The van der Waals surface area contributed by atoms with Crippen LogP contribution in [0.4, 0.5) is 11.4 Å². The fourth-order valence-corrected chi connectivity index (χ4v) is 7.12. The molecular weight excluding hydrogens is 768 g/mol. The Balaban J connectivity index is 1.35. The maximum absolute atomic E-state index is 13.3. The van der Waals surface area contributed by atoms with Crippen molar-refractivity contribution in [2.45, 2.75) is 13.3 Å². The SMILES string of the molecule is COc1ccccc1N1C[C@@H](C(=O)Oc2ccc(N3C(=O)c4c(Br)c(Br)c(Br)c(Br)c4C3=O)c(C)c2)CC1=O. The molecule has 1 saturated heterocycles. The van der Waals surface area contributed by atoms with Gasteiger partial charge in [-0.15, -0.1) is 0 Å². The molecule has 2 aliphatic heterocycles. The lowest BCUT2D eigenvalue weighted by atomic mass is 10.1. The summed E-state index contributed by atoms with van der Waals surface area (Å²) < 4.78 is 13.1. The van der Waals surface area contributed by atoms with Crippen LogP contribution in [0.25, 0.3) is 0 Å². The number of carbonyl (C=O) groups excluding carboxylic acids is 4. The molecule has 200 valence electrons. The Kier molecular flexibility index (Phi) is 7.75. The van der Waals surface area contributed by atoms with Crippen molar-refractivity contribution >= 4 is 98.8 Å². The normalized spacial score (nSPS) is 16.7. The first-order valence-corrected chi connectivity index (χ1v) is 14.7. The van der Waals surface area contributed by atoms with E-state index in [1.165, 1.54) is 18.1 Å². The van der Waals surface area contributed by atoms with E-state index in [2.05, 4.69) is 63.7 Å². The molecule has 0 spiro atoms. The summed E-state index contributed by atoms with van der Waals surface area (Å²) in [7, 11) is 1.52. The molecule has 0 saturated carbocycles. The summed E-state index contributed by atoms with van der Waals surface area (Å²) in [6, 6.07) is 11.8. The molecule has 1 fully saturated rings. The van der Waals surface area contributed by atoms with Gasteiger partial charge in [-0.2, -0.15) is 0 Å². The fraction of sp³-hybridized carbons (Fsp3) is 0.185. The number of halogens is 4. The molecule has 0 aromatic heterocycles. The number of carbonyl (C=O) groups is 4. The minimum Gasteiger partial charge on any atom is -0.495 e. The van der Waals surface area contributed by atoms with Crippen molar-refractivity contribution in [1.29, 1.82) is 0 Å². The van der Waals surface area contributed by atoms with Crippen LogP contribution >= 0.6 is 63.7 Å². The van der Waals surface area contributed by atoms with Crippen molar-refractivity contribution in [1.82, 2.24) is 0 Å². The molecule has 12 heteroatoms. The van der Waals surface area contributed by atoms with Gasteiger partial charge in [-0.1, -0.05) is 12.1 Å². The van der Waals surface area contributed by atoms with Crippen molar-refractivity contribution in [2.24, 2.45) is 5.92 Å². The van der Waals surface area contributed by atoms with Crippen molar-refractivity contribution in [3.8, 4) is 11.5 Å². The summed E-state index contributed by atoms with van der Waals surface area (Å²) in [5, 5.41) is 0. The number of para-hydroxylation sites is 2. The molecule has 0 aliphatic carbocycles. The second-order valence-corrected chi connectivity index (χ2v) is 12.1. The van der Waals surface area contributed by atoms with E-state index in [0.29, 0.717) is 40.6 Å². The van der Waals surface area contributed by atoms with Crippen molar-refractivity contribution in [3.63, 3.8) is 0 Å². The highest BCUT2D eigenvalue weighted by Crippen LogP contribution is 2.46. The number of esters is 1. The summed E-state index contributed by atoms with van der Waals surface area (Å²) in [5.41, 5.74) is 1.99. The van der Waals surface area contributed by atoms with Gasteiger partial charge in [-0.05, 0) is 107 Å². The highest BCUT2D eigenvalue weighted by atomic mass is 79.9. The standard InChI is InChI=1S/C27H18Br4N2O6/c1-12-9-14(39-27(37)13-10-18(34)32(11-13)16-5-3-4-6-17(16)38-2)7-8-15(12)33-25(35)19-20(26(33)36)22(29)24(31)23(30)21(19)28/h3-9,13H,10-11H2,1-2H3/t13-/m0/s1.